The Hall–Kier alpha value is -2.62. The lowest BCUT2D eigenvalue weighted by Gasteiger charge is -2.06. The second-order valence-corrected chi connectivity index (χ2v) is 6.59. The molecule has 0 spiro atoms. The van der Waals surface area contributed by atoms with Gasteiger partial charge in [-0.1, -0.05) is 0 Å². The van der Waals surface area contributed by atoms with Crippen molar-refractivity contribution >= 4 is 21.7 Å². The average molecular weight is 340 g/mol. The van der Waals surface area contributed by atoms with Crippen LogP contribution < -0.4 is 10.3 Å². The molecule has 0 amide bonds. The van der Waals surface area contributed by atoms with E-state index in [4.69, 9.17) is 0 Å². The normalized spacial score (nSPS) is 11.5. The van der Waals surface area contributed by atoms with Gasteiger partial charge in [0.05, 0.1) is 13.4 Å². The fraction of sp³-hybridized carbons (Fsp3) is 0.308. The van der Waals surface area contributed by atoms with Crippen LogP contribution in [0.1, 0.15) is 30.4 Å². The third-order valence-corrected chi connectivity index (χ3v) is 4.26. The highest BCUT2D eigenvalue weighted by Crippen LogP contribution is 2.13. The van der Waals surface area contributed by atoms with Gasteiger partial charge in [0.1, 0.15) is 11.4 Å². The standard InChI is InChI=1S/C13H16N4O5S/c1-8(2)17-6-11(14-7-17)23(20,21)16-9-4-5-10(13(19)22-3)15-12(9)18/h4-8,16H,1-3H3,(H,15,18). The summed E-state index contributed by atoms with van der Waals surface area (Å²) in [6, 6.07) is 2.48. The van der Waals surface area contributed by atoms with Crippen molar-refractivity contribution in [2.45, 2.75) is 24.9 Å². The van der Waals surface area contributed by atoms with Crippen molar-refractivity contribution in [1.29, 1.82) is 0 Å². The Balaban J connectivity index is 2.30. The molecule has 0 radical (unpaired) electrons. The molecular weight excluding hydrogens is 324 g/mol. The maximum Gasteiger partial charge on any atom is 0.354 e. The van der Waals surface area contributed by atoms with Crippen LogP contribution in [0.4, 0.5) is 5.69 Å². The van der Waals surface area contributed by atoms with Gasteiger partial charge >= 0.3 is 5.97 Å². The van der Waals surface area contributed by atoms with Crippen LogP contribution in [0.2, 0.25) is 0 Å². The van der Waals surface area contributed by atoms with E-state index in [1.165, 1.54) is 31.8 Å². The van der Waals surface area contributed by atoms with Crippen molar-refractivity contribution in [2.24, 2.45) is 0 Å². The lowest BCUT2D eigenvalue weighted by atomic mass is 10.3. The first-order chi connectivity index (χ1) is 10.7. The smallest absolute Gasteiger partial charge is 0.354 e. The van der Waals surface area contributed by atoms with Gasteiger partial charge in [0.2, 0.25) is 0 Å². The fourth-order valence-corrected chi connectivity index (χ4v) is 2.72. The number of esters is 1. The van der Waals surface area contributed by atoms with E-state index in [1.807, 2.05) is 13.8 Å². The van der Waals surface area contributed by atoms with Crippen LogP contribution in [0.5, 0.6) is 0 Å². The van der Waals surface area contributed by atoms with E-state index in [0.29, 0.717) is 0 Å². The summed E-state index contributed by atoms with van der Waals surface area (Å²) in [6.45, 7) is 3.75. The number of carbonyl (C=O) groups excluding carboxylic acids is 1. The average Bonchev–Trinajstić information content (AvgIpc) is 2.99. The molecule has 0 atom stereocenters. The van der Waals surface area contributed by atoms with E-state index < -0.39 is 21.6 Å². The molecule has 10 heteroatoms. The predicted molar refractivity (Wildman–Crippen MR) is 81.8 cm³/mol. The Kier molecular flexibility index (Phi) is 4.55. The summed E-state index contributed by atoms with van der Waals surface area (Å²) >= 11 is 0. The molecule has 23 heavy (non-hydrogen) atoms. The molecule has 0 saturated carbocycles. The van der Waals surface area contributed by atoms with Gasteiger partial charge in [-0.15, -0.1) is 0 Å². The Labute approximate surface area is 132 Å². The number of imidazole rings is 1. The first-order valence-corrected chi connectivity index (χ1v) is 8.11. The number of pyridine rings is 1. The van der Waals surface area contributed by atoms with E-state index in [-0.39, 0.29) is 22.4 Å². The topological polar surface area (TPSA) is 123 Å². The summed E-state index contributed by atoms with van der Waals surface area (Å²) < 4.78 is 32.7. The monoisotopic (exact) mass is 340 g/mol. The molecule has 0 aliphatic carbocycles. The molecule has 9 nitrogen and oxygen atoms in total. The van der Waals surface area contributed by atoms with Gasteiger partial charge in [0, 0.05) is 12.2 Å². The summed E-state index contributed by atoms with van der Waals surface area (Å²) in [6.07, 6.45) is 2.76. The minimum atomic E-state index is -4.01. The number of aromatic amines is 1. The number of hydrogen-bond donors (Lipinski definition) is 2. The summed E-state index contributed by atoms with van der Waals surface area (Å²) in [5.41, 5.74) is -1.07. The highest BCUT2D eigenvalue weighted by Gasteiger charge is 2.20. The van der Waals surface area contributed by atoms with E-state index in [0.717, 1.165) is 0 Å². The maximum atomic E-state index is 12.2. The second kappa shape index (κ2) is 6.24. The van der Waals surface area contributed by atoms with Crippen LogP contribution in [0.15, 0.2) is 34.5 Å². The Morgan fingerprint density at radius 2 is 2.09 bits per heavy atom. The number of ether oxygens (including phenoxy) is 1. The van der Waals surface area contributed by atoms with Crippen LogP contribution >= 0.6 is 0 Å². The molecule has 0 aromatic carbocycles. The van der Waals surface area contributed by atoms with Gasteiger partial charge in [-0.3, -0.25) is 9.52 Å². The maximum absolute atomic E-state index is 12.2. The van der Waals surface area contributed by atoms with E-state index in [1.54, 1.807) is 4.57 Å². The highest BCUT2D eigenvalue weighted by atomic mass is 32.2. The van der Waals surface area contributed by atoms with Gasteiger partial charge in [-0.2, -0.15) is 8.42 Å². The number of sulfonamides is 1. The van der Waals surface area contributed by atoms with Crippen LogP contribution in [-0.4, -0.2) is 36.0 Å². The minimum absolute atomic E-state index is 0.0502. The molecule has 2 aromatic heterocycles. The lowest BCUT2D eigenvalue weighted by Crippen LogP contribution is -2.22. The molecule has 0 saturated heterocycles. The van der Waals surface area contributed by atoms with Crippen LogP contribution in [0.25, 0.3) is 0 Å². The zero-order chi connectivity index (χ0) is 17.2. The van der Waals surface area contributed by atoms with E-state index >= 15 is 0 Å². The number of nitrogens with zero attached hydrogens (tertiary/aromatic N) is 2. The molecule has 0 aliphatic rings. The number of anilines is 1. The number of aromatic nitrogens is 3. The van der Waals surface area contributed by atoms with E-state index in [9.17, 15) is 18.0 Å². The number of rotatable bonds is 5. The molecule has 2 N–H and O–H groups in total. The van der Waals surface area contributed by atoms with Gasteiger partial charge < -0.3 is 14.3 Å². The molecule has 0 aliphatic heterocycles. The quantitative estimate of drug-likeness (QED) is 0.774. The Bertz CT molecular complexity index is 882. The lowest BCUT2D eigenvalue weighted by molar-refractivity contribution is 0.0594. The molecule has 124 valence electrons. The number of methoxy groups -OCH3 is 1. The van der Waals surface area contributed by atoms with Gasteiger partial charge in [0.25, 0.3) is 15.6 Å². The van der Waals surface area contributed by atoms with Crippen LogP contribution in [-0.2, 0) is 14.8 Å². The molecule has 2 aromatic rings. The Morgan fingerprint density at radius 3 is 2.61 bits per heavy atom. The number of H-pyrrole nitrogens is 1. The highest BCUT2D eigenvalue weighted by molar-refractivity contribution is 7.92. The zero-order valence-corrected chi connectivity index (χ0v) is 13.5. The van der Waals surface area contributed by atoms with Gasteiger partial charge in [-0.05, 0) is 26.0 Å². The predicted octanol–water partition coefficient (Wildman–Crippen LogP) is 0.740. The van der Waals surface area contributed by atoms with E-state index in [2.05, 4.69) is 19.4 Å². The SMILES string of the molecule is COC(=O)c1ccc(NS(=O)(=O)c2cn(C(C)C)cn2)c(=O)[nH]1. The van der Waals surface area contributed by atoms with Gasteiger partial charge in [0.15, 0.2) is 5.03 Å². The summed E-state index contributed by atoms with van der Waals surface area (Å²) in [5.74, 6) is -0.729. The number of nitrogens with one attached hydrogen (secondary N) is 2. The molecular formula is C13H16N4O5S. The summed E-state index contributed by atoms with van der Waals surface area (Å²) in [7, 11) is -2.84. The largest absolute Gasteiger partial charge is 0.464 e. The first-order valence-electron chi connectivity index (χ1n) is 6.62. The fourth-order valence-electron chi connectivity index (χ4n) is 1.72. The summed E-state index contributed by atoms with van der Waals surface area (Å²) in [4.78, 5) is 29.2. The number of carbonyl (C=O) groups is 1. The minimum Gasteiger partial charge on any atom is -0.464 e. The third-order valence-electron chi connectivity index (χ3n) is 3.01. The van der Waals surface area contributed by atoms with Crippen molar-refractivity contribution in [3.8, 4) is 0 Å². The van der Waals surface area contributed by atoms with Crippen molar-refractivity contribution in [3.63, 3.8) is 0 Å². The molecule has 2 rings (SSSR count). The van der Waals surface area contributed by atoms with Crippen molar-refractivity contribution < 1.29 is 17.9 Å². The molecule has 0 bridgehead atoms. The van der Waals surface area contributed by atoms with Crippen molar-refractivity contribution in [3.05, 3.63) is 40.7 Å². The summed E-state index contributed by atoms with van der Waals surface area (Å²) in [5, 5.41) is -0.206. The molecule has 0 unspecified atom stereocenters. The van der Waals surface area contributed by atoms with Crippen molar-refractivity contribution in [2.75, 3.05) is 11.8 Å². The van der Waals surface area contributed by atoms with Gasteiger partial charge in [-0.25, -0.2) is 9.78 Å². The third kappa shape index (κ3) is 3.59. The van der Waals surface area contributed by atoms with Crippen molar-refractivity contribution in [1.82, 2.24) is 14.5 Å². The second-order valence-electron chi connectivity index (χ2n) is 4.96. The Morgan fingerprint density at radius 1 is 1.39 bits per heavy atom. The number of hydrogen-bond acceptors (Lipinski definition) is 6. The van der Waals surface area contributed by atoms with Crippen LogP contribution in [0.3, 0.4) is 0 Å². The first kappa shape index (κ1) is 16.7. The zero-order valence-electron chi connectivity index (χ0n) is 12.7. The molecule has 0 fully saturated rings. The molecule has 2 heterocycles. The van der Waals surface area contributed by atoms with Crippen LogP contribution in [0, 0.1) is 0 Å².